The molecule has 0 unspecified atom stereocenters. The smallest absolute Gasteiger partial charge is 0.392 e. The summed E-state index contributed by atoms with van der Waals surface area (Å²) in [5, 5.41) is 0.582. The molecule has 1 aromatic heterocycles. The summed E-state index contributed by atoms with van der Waals surface area (Å²) in [6.45, 7) is 0.169. The van der Waals surface area contributed by atoms with Crippen LogP contribution in [0.5, 0.6) is 11.6 Å². The molecule has 26 heteroatoms. The lowest BCUT2D eigenvalue weighted by molar-refractivity contribution is -0.687. The van der Waals surface area contributed by atoms with Crippen molar-refractivity contribution in [2.24, 2.45) is 0 Å². The topological polar surface area (TPSA) is 43.1 Å². The molecule has 0 aliphatic heterocycles. The number of nitrogens with zero attached hydrogens (tertiary/aromatic N) is 2. The van der Waals surface area contributed by atoms with Crippen molar-refractivity contribution < 1.29 is 102 Å². The summed E-state index contributed by atoms with van der Waals surface area (Å²) in [4.78, 5) is 16.4. The second kappa shape index (κ2) is 19.2. The summed E-state index contributed by atoms with van der Waals surface area (Å²) in [5.41, 5.74) is -13.7. The van der Waals surface area contributed by atoms with Crippen LogP contribution < -0.4 is 31.2 Å². The van der Waals surface area contributed by atoms with Gasteiger partial charge < -0.3 is 4.74 Å². The zero-order chi connectivity index (χ0) is 50.4. The Balaban J connectivity index is 0.000000276. The minimum atomic E-state index is -7.22. The number of benzene rings is 6. The molecule has 4 nitrogen and oxygen atoms in total. The number of halogens is 21. The van der Waals surface area contributed by atoms with E-state index in [2.05, 4.69) is 4.98 Å². The molecule has 7 aromatic rings. The average molecular weight is 1000 g/mol. The van der Waals surface area contributed by atoms with E-state index in [4.69, 9.17) is 16.3 Å². The van der Waals surface area contributed by atoms with Crippen molar-refractivity contribution in [3.63, 3.8) is 0 Å². The first-order chi connectivity index (χ1) is 31.9. The average Bonchev–Trinajstić information content (AvgIpc) is 3.32. The Morgan fingerprint density at radius 1 is 0.471 bits per heavy atom. The number of Topliss-reactive ketones (excluding diaryl/α,β-unsaturated/α-hetero) is 1. The van der Waals surface area contributed by atoms with E-state index < -0.39 is 144 Å². The summed E-state index contributed by atoms with van der Waals surface area (Å²) >= 11 is 5.96. The molecule has 0 radical (unpaired) electrons. The van der Waals surface area contributed by atoms with Crippen molar-refractivity contribution in [3.8, 4) is 11.6 Å². The number of ketones is 1. The summed E-state index contributed by atoms with van der Waals surface area (Å²) in [6.07, 6.45) is -2.33. The second-order valence-corrected chi connectivity index (χ2v) is 14.1. The molecule has 0 aliphatic carbocycles. The third-order valence-corrected chi connectivity index (χ3v) is 10.2. The summed E-state index contributed by atoms with van der Waals surface area (Å²) < 4.78 is 301. The van der Waals surface area contributed by atoms with E-state index in [-0.39, 0.29) is 12.3 Å². The Labute approximate surface area is 370 Å². The van der Waals surface area contributed by atoms with Gasteiger partial charge in [-0.25, -0.2) is 92.8 Å². The third-order valence-electron chi connectivity index (χ3n) is 9.94. The molecular weight excluding hydrogens is 991 g/mol. The lowest BCUT2D eigenvalue weighted by Gasteiger charge is -2.44. The van der Waals surface area contributed by atoms with E-state index in [1.807, 2.05) is 18.2 Å². The van der Waals surface area contributed by atoms with E-state index in [0.29, 0.717) is 22.2 Å². The third kappa shape index (κ3) is 8.31. The maximum absolute atomic E-state index is 15.4. The van der Waals surface area contributed by atoms with Gasteiger partial charge >= 0.3 is 5.88 Å². The molecule has 0 saturated carbocycles. The Morgan fingerprint density at radius 2 is 0.809 bits per heavy atom. The molecule has 68 heavy (non-hydrogen) atoms. The van der Waals surface area contributed by atoms with Crippen LogP contribution in [0.4, 0.5) is 87.8 Å². The molecule has 0 saturated heterocycles. The van der Waals surface area contributed by atoms with Crippen LogP contribution >= 0.6 is 11.6 Å². The quantitative estimate of drug-likeness (QED) is 0.0362. The van der Waals surface area contributed by atoms with Crippen LogP contribution in [0.3, 0.4) is 0 Å². The van der Waals surface area contributed by atoms with Crippen LogP contribution in [0.15, 0.2) is 73.2 Å². The highest BCUT2D eigenvalue weighted by atomic mass is 35.5. The number of carbonyl (C=O) groups is 1. The minimum Gasteiger partial charge on any atom is -0.404 e. The number of aromatic nitrogens is 2. The highest BCUT2D eigenvalue weighted by Gasteiger charge is 2.52. The van der Waals surface area contributed by atoms with Crippen LogP contribution in [-0.2, 0) is 6.54 Å². The van der Waals surface area contributed by atoms with Crippen molar-refractivity contribution in [3.05, 3.63) is 200 Å². The molecule has 7 rings (SSSR count). The van der Waals surface area contributed by atoms with E-state index in [0.717, 1.165) is 0 Å². The predicted molar refractivity (Wildman–Crippen MR) is 196 cm³/mol. The summed E-state index contributed by atoms with van der Waals surface area (Å²) in [7, 11) is 0. The van der Waals surface area contributed by atoms with Gasteiger partial charge in [-0.2, -0.15) is 4.57 Å². The van der Waals surface area contributed by atoms with Crippen molar-refractivity contribution in [2.75, 3.05) is 0 Å². The predicted octanol–water partition coefficient (Wildman–Crippen LogP) is 9.54. The second-order valence-electron chi connectivity index (χ2n) is 13.7. The van der Waals surface area contributed by atoms with Crippen LogP contribution in [0.2, 0.25) is 5.02 Å². The number of hydrogen-bond acceptors (Lipinski definition) is 3. The molecule has 0 aliphatic rings. The van der Waals surface area contributed by atoms with Gasteiger partial charge in [0.25, 0.3) is 0 Å². The number of ether oxygens (including phenoxy) is 1. The van der Waals surface area contributed by atoms with Crippen molar-refractivity contribution >= 4 is 45.4 Å². The van der Waals surface area contributed by atoms with Gasteiger partial charge in [-0.15, -0.1) is 21.9 Å². The van der Waals surface area contributed by atoms with Crippen LogP contribution in [0, 0.1) is 116 Å². The Kier molecular flexibility index (Phi) is 14.2. The van der Waals surface area contributed by atoms with Gasteiger partial charge in [0.1, 0.15) is 64.6 Å². The zero-order valence-corrected chi connectivity index (χ0v) is 33.1. The first kappa shape index (κ1) is 50.2. The van der Waals surface area contributed by atoms with Crippen molar-refractivity contribution in [1.82, 2.24) is 4.98 Å². The van der Waals surface area contributed by atoms with Gasteiger partial charge in [0, 0.05) is 10.6 Å². The maximum Gasteiger partial charge on any atom is 0.392 e. The van der Waals surface area contributed by atoms with Crippen molar-refractivity contribution in [1.29, 1.82) is 0 Å². The molecule has 0 N–H and O–H groups in total. The molecule has 0 bridgehead atoms. The van der Waals surface area contributed by atoms with E-state index in [9.17, 15) is 57.5 Å². The number of carbonyl (C=O) groups excluding carboxylic acids is 1. The fourth-order valence-corrected chi connectivity index (χ4v) is 7.16. The van der Waals surface area contributed by atoms with E-state index >= 15 is 35.1 Å². The highest BCUT2D eigenvalue weighted by molar-refractivity contribution is 7.20. The van der Waals surface area contributed by atoms with Gasteiger partial charge in [-0.05, 0) is 18.2 Å². The Morgan fingerprint density at radius 3 is 1.15 bits per heavy atom. The fourth-order valence-electron chi connectivity index (χ4n) is 6.98. The van der Waals surface area contributed by atoms with E-state index in [1.54, 1.807) is 59.6 Å². The Hall–Kier alpha value is -7.18. The van der Waals surface area contributed by atoms with Crippen molar-refractivity contribution in [2.45, 2.75) is 6.54 Å². The molecule has 0 fully saturated rings. The molecule has 0 amide bonds. The lowest BCUT2D eigenvalue weighted by atomic mass is 9.12. The van der Waals surface area contributed by atoms with Gasteiger partial charge in [0.2, 0.25) is 12.3 Å². The monoisotopic (exact) mass is 1000 g/mol. The largest absolute Gasteiger partial charge is 0.404 e. The molecule has 6 aromatic carbocycles. The highest BCUT2D eigenvalue weighted by Crippen LogP contribution is 2.31. The zero-order valence-electron chi connectivity index (χ0n) is 32.4. The van der Waals surface area contributed by atoms with Crippen LogP contribution in [-0.4, -0.2) is 16.9 Å². The Bertz CT molecular complexity index is 2800. The maximum atomic E-state index is 15.4. The first-order valence-corrected chi connectivity index (χ1v) is 18.4. The van der Waals surface area contributed by atoms with Gasteiger partial charge in [-0.3, -0.25) is 4.79 Å². The molecule has 0 atom stereocenters. The molecule has 354 valence electrons. The fraction of sp³-hybridized carbons (Fsp3) is 0.0238. The van der Waals surface area contributed by atoms with Crippen LogP contribution in [0.1, 0.15) is 10.4 Å². The first-order valence-electron chi connectivity index (χ1n) is 18.0. The van der Waals surface area contributed by atoms with Crippen LogP contribution in [0.25, 0.3) is 0 Å². The molecule has 1 heterocycles. The molecule has 0 spiro atoms. The van der Waals surface area contributed by atoms with Gasteiger partial charge in [0.15, 0.2) is 76.0 Å². The summed E-state index contributed by atoms with van der Waals surface area (Å²) in [5.74, 6) is -70.3. The molecular formula is C42H14BClF20N2O2. The summed E-state index contributed by atoms with van der Waals surface area (Å²) in [6, 6.07) is 16.2. The van der Waals surface area contributed by atoms with Gasteiger partial charge in [0.05, 0.1) is 6.20 Å². The van der Waals surface area contributed by atoms with E-state index in [1.165, 1.54) is 0 Å². The number of rotatable bonds is 9. The normalized spacial score (nSPS) is 11.4. The number of hydrogen-bond donors (Lipinski definition) is 0. The lowest BCUT2D eigenvalue weighted by Crippen LogP contribution is -2.81. The van der Waals surface area contributed by atoms with Gasteiger partial charge in [-0.1, -0.05) is 48.0 Å². The minimum absolute atomic E-state index is 0.00209. The SMILES string of the molecule is Fc1c(F)c(F)c([B-](c2c(F)c(F)c(F)c(F)c2F)(c2c(F)c(F)c(F)c(F)c2F)c2c(F)c(F)c(F)c(F)c2F)c(F)c1F.O=C(C[n+]1ccncc1Oc1cccc(Cl)c1)c1ccccc1. The standard InChI is InChI=1S/C24BF20.C18H14ClN2O2/c26-5-1(6(27)14(35)21(42)13(5)34)25(2-7(28)15(36)22(43)16(37)8(2)29,3-9(30)17(38)23(44)18(39)10(3)31)4-11(32)19(40)24(45)20(41)12(4)33;19-15-7-4-8-16(11-15)23-18-12-20-9-10-21(18)13-17(22)14-5-2-1-3-6-14/h;1-12H,13H2/q-1;+1.